The van der Waals surface area contributed by atoms with E-state index >= 15 is 0 Å². The maximum Gasteiger partial charge on any atom is 0.181 e. The molecule has 2 aliphatic rings. The Kier molecular flexibility index (Phi) is 14.5. The lowest BCUT2D eigenvalue weighted by molar-refractivity contribution is -0.700. The Balaban J connectivity index is 0.843. The number of amidine groups is 2. The molecule has 0 spiro atoms. The fourth-order valence-corrected chi connectivity index (χ4v) is 11.9. The first-order chi connectivity index (χ1) is 36.4. The summed E-state index contributed by atoms with van der Waals surface area (Å²) in [7, 11) is 4.32. The highest BCUT2D eigenvalue weighted by atomic mass is 15.4. The fourth-order valence-electron chi connectivity index (χ4n) is 11.9. The molecule has 2 aliphatic heterocycles. The first-order valence-electron chi connectivity index (χ1n) is 27.3. The monoisotopic (exact) mass is 1010 g/mol. The van der Waals surface area contributed by atoms with Gasteiger partial charge in [-0.1, -0.05) is 84.9 Å². The van der Waals surface area contributed by atoms with Crippen LogP contribution in [0.15, 0.2) is 132 Å². The second-order valence-corrected chi connectivity index (χ2v) is 22.2. The molecule has 6 heterocycles. The Morgan fingerprint density at radius 1 is 0.382 bits per heavy atom. The van der Waals surface area contributed by atoms with E-state index in [-0.39, 0.29) is 0 Å². The van der Waals surface area contributed by atoms with Crippen molar-refractivity contribution in [2.75, 3.05) is 9.80 Å². The zero-order valence-electron chi connectivity index (χ0n) is 47.8. The second kappa shape index (κ2) is 21.2. The van der Waals surface area contributed by atoms with E-state index in [1.54, 1.807) is 0 Å². The first-order valence-corrected chi connectivity index (χ1v) is 27.3. The summed E-state index contributed by atoms with van der Waals surface area (Å²) in [6.07, 6.45) is 3.38. The minimum absolute atomic E-state index is 0.721. The highest BCUT2D eigenvalue weighted by Gasteiger charge is 2.29. The highest BCUT2D eigenvalue weighted by molar-refractivity contribution is 6.07. The molecule has 76 heavy (non-hydrogen) atoms. The summed E-state index contributed by atoms with van der Waals surface area (Å²) in [5.41, 5.74) is 31.7. The predicted molar refractivity (Wildman–Crippen MR) is 310 cm³/mol. The van der Waals surface area contributed by atoms with Crippen LogP contribution in [0.3, 0.4) is 0 Å². The lowest BCUT2D eigenvalue weighted by atomic mass is 9.95. The van der Waals surface area contributed by atoms with Crippen LogP contribution in [-0.4, -0.2) is 11.7 Å². The number of nitrogens with zero attached hydrogens (tertiary/aromatic N) is 8. The summed E-state index contributed by atoms with van der Waals surface area (Å²) in [6, 6.07) is 45.4. The molecule has 0 unspecified atom stereocenters. The van der Waals surface area contributed by atoms with E-state index in [9.17, 15) is 0 Å². The number of anilines is 2. The van der Waals surface area contributed by atoms with Crippen molar-refractivity contribution in [2.45, 2.75) is 135 Å². The van der Waals surface area contributed by atoms with Crippen LogP contribution in [0, 0.1) is 83.1 Å². The standard InChI is InChI=1S/C68H78N8/c1-43-31-61(47(5)51(9)71(43)13)35-63-33-45(3)73(53(11)49(63)7)39-55-23-27-57(28-24-55)41-75-65-21-17-15-19-59(65)37-67(75)69-70-68-38-60-20-16-18-22-66(60)76(68)42-58-29-25-56(26-30-58)40-74-46(4)34-64(50(8)54(74)12)36-62-32-44(2)72(14)52(10)48(62)6/h15-34H,35-42H2,1-14H3/q+4/b69-67+,70-68+. The topological polar surface area (TPSA) is 46.7 Å². The maximum atomic E-state index is 5.13. The number of aryl methyl sites for hydroxylation is 4. The van der Waals surface area contributed by atoms with Crippen molar-refractivity contribution in [1.82, 2.24) is 0 Å². The Bertz CT molecular complexity index is 3400. The summed E-state index contributed by atoms with van der Waals surface area (Å²) >= 11 is 0. The molecule has 0 radical (unpaired) electrons. The molecule has 0 amide bonds. The van der Waals surface area contributed by atoms with Crippen LogP contribution in [0.1, 0.15) is 123 Å². The van der Waals surface area contributed by atoms with Crippen molar-refractivity contribution >= 4 is 23.0 Å². The third-order valence-electron chi connectivity index (χ3n) is 17.7. The van der Waals surface area contributed by atoms with Gasteiger partial charge in [-0.3, -0.25) is 0 Å². The third-order valence-corrected chi connectivity index (χ3v) is 17.7. The number of hydrogen-bond acceptors (Lipinski definition) is 2. The van der Waals surface area contributed by atoms with Gasteiger partial charge in [-0.05, 0) is 97.2 Å². The van der Waals surface area contributed by atoms with E-state index in [1.165, 1.54) is 135 Å². The Labute approximate surface area is 453 Å². The SMILES string of the molecule is Cc1c(Cc2cc(C)[n+](Cc3ccc(CN4/C(=N/N=C5\Cc6ccccc6N5Cc5ccc(C[n+]6c(C)cc(Cc7cc(C)[n+](C)c(C)c7C)c(C)c6C)cc5)Cc5ccccc54)cc3)c(C)c2C)cc(C)[n+](C)c1C. The molecule has 0 aliphatic carbocycles. The van der Waals surface area contributed by atoms with Crippen LogP contribution < -0.4 is 28.1 Å². The van der Waals surface area contributed by atoms with Crippen molar-refractivity contribution in [2.24, 2.45) is 24.3 Å². The molecule has 8 heteroatoms. The van der Waals surface area contributed by atoms with Gasteiger partial charge in [0.2, 0.25) is 0 Å². The van der Waals surface area contributed by atoms with Gasteiger partial charge in [0.15, 0.2) is 58.6 Å². The van der Waals surface area contributed by atoms with Crippen LogP contribution in [0.25, 0.3) is 0 Å². The molecule has 0 saturated carbocycles. The molecule has 386 valence electrons. The summed E-state index contributed by atoms with van der Waals surface area (Å²) in [5.74, 6) is 1.95. The molecule has 8 nitrogen and oxygen atoms in total. The average Bonchev–Trinajstić information content (AvgIpc) is 3.95. The van der Waals surface area contributed by atoms with Gasteiger partial charge in [0, 0.05) is 150 Å². The number of rotatable bonds is 13. The van der Waals surface area contributed by atoms with Gasteiger partial charge < -0.3 is 9.80 Å². The predicted octanol–water partition coefficient (Wildman–Crippen LogP) is 11.4. The van der Waals surface area contributed by atoms with Crippen molar-refractivity contribution in [3.8, 4) is 0 Å². The molecule has 0 fully saturated rings. The van der Waals surface area contributed by atoms with Crippen molar-refractivity contribution in [1.29, 1.82) is 0 Å². The zero-order valence-corrected chi connectivity index (χ0v) is 47.8. The van der Waals surface area contributed by atoms with Gasteiger partial charge in [0.25, 0.3) is 0 Å². The molecule has 0 bridgehead atoms. The van der Waals surface area contributed by atoms with Crippen LogP contribution in [-0.2, 0) is 66.0 Å². The van der Waals surface area contributed by atoms with Crippen LogP contribution in [0.4, 0.5) is 11.4 Å². The van der Waals surface area contributed by atoms with Crippen LogP contribution in [0.5, 0.6) is 0 Å². The molecule has 10 rings (SSSR count). The minimum Gasteiger partial charge on any atom is -0.323 e. The van der Waals surface area contributed by atoms with Crippen molar-refractivity contribution < 1.29 is 18.3 Å². The Morgan fingerprint density at radius 2 is 0.697 bits per heavy atom. The molecular weight excluding hydrogens is 929 g/mol. The first kappa shape index (κ1) is 51.9. The minimum atomic E-state index is 0.721. The molecule has 4 aromatic heterocycles. The van der Waals surface area contributed by atoms with Gasteiger partial charge in [-0.15, -0.1) is 10.2 Å². The van der Waals surface area contributed by atoms with Gasteiger partial charge in [0.05, 0.1) is 0 Å². The lowest BCUT2D eigenvalue weighted by Crippen LogP contribution is -2.42. The largest absolute Gasteiger partial charge is 0.323 e. The maximum absolute atomic E-state index is 5.13. The van der Waals surface area contributed by atoms with Gasteiger partial charge in [0.1, 0.15) is 25.8 Å². The number of fused-ring (bicyclic) bond motifs is 2. The van der Waals surface area contributed by atoms with E-state index in [0.29, 0.717) is 0 Å². The van der Waals surface area contributed by atoms with E-state index in [1.807, 2.05) is 0 Å². The number of aromatic nitrogens is 4. The van der Waals surface area contributed by atoms with E-state index in [4.69, 9.17) is 10.2 Å². The van der Waals surface area contributed by atoms with Crippen molar-refractivity contribution in [3.05, 3.63) is 245 Å². The summed E-state index contributed by atoms with van der Waals surface area (Å²) in [6.45, 7) is 30.1. The summed E-state index contributed by atoms with van der Waals surface area (Å²) in [5, 5.41) is 10.3. The molecule has 0 N–H and O–H groups in total. The van der Waals surface area contributed by atoms with Crippen molar-refractivity contribution in [3.63, 3.8) is 0 Å². The number of para-hydroxylation sites is 2. The van der Waals surface area contributed by atoms with E-state index in [0.717, 1.165) is 63.5 Å². The van der Waals surface area contributed by atoms with Gasteiger partial charge in [-0.2, -0.15) is 9.13 Å². The average molecular weight is 1010 g/mol. The van der Waals surface area contributed by atoms with Crippen LogP contribution in [0.2, 0.25) is 0 Å². The quantitative estimate of drug-likeness (QED) is 0.0853. The number of pyridine rings is 4. The summed E-state index contributed by atoms with van der Waals surface area (Å²) in [4.78, 5) is 4.73. The number of benzene rings is 4. The molecule has 0 atom stereocenters. The highest BCUT2D eigenvalue weighted by Crippen LogP contribution is 2.34. The lowest BCUT2D eigenvalue weighted by Gasteiger charge is -2.21. The normalized spacial score (nSPS) is 14.1. The number of hydrogen-bond donors (Lipinski definition) is 0. The van der Waals surface area contributed by atoms with Gasteiger partial charge in [-0.25, -0.2) is 9.13 Å². The summed E-state index contributed by atoms with van der Waals surface area (Å²) < 4.78 is 9.53. The smallest absolute Gasteiger partial charge is 0.181 e. The van der Waals surface area contributed by atoms with E-state index in [2.05, 4.69) is 247 Å². The Morgan fingerprint density at radius 3 is 1.07 bits per heavy atom. The molecular formula is C68H78N8+4. The molecule has 8 aromatic rings. The zero-order chi connectivity index (χ0) is 53.7. The van der Waals surface area contributed by atoms with Gasteiger partial charge >= 0.3 is 0 Å². The second-order valence-electron chi connectivity index (χ2n) is 22.2. The Hall–Kier alpha value is -7.58. The molecule has 4 aromatic carbocycles. The van der Waals surface area contributed by atoms with Crippen LogP contribution >= 0.6 is 0 Å². The fraction of sp³-hybridized carbons (Fsp3) is 0.324. The third kappa shape index (κ3) is 10.1. The molecule has 0 saturated heterocycles. The van der Waals surface area contributed by atoms with E-state index < -0.39 is 0 Å².